The predicted molar refractivity (Wildman–Crippen MR) is 67.8 cm³/mol. The highest BCUT2D eigenvalue weighted by atomic mass is 32.2. The molecule has 0 atom stereocenters. The molecule has 1 aromatic rings. The van der Waals surface area contributed by atoms with Crippen molar-refractivity contribution in [3.63, 3.8) is 0 Å². The Bertz CT molecular complexity index is 632. The third kappa shape index (κ3) is 4.53. The van der Waals surface area contributed by atoms with Gasteiger partial charge in [0.15, 0.2) is 0 Å². The van der Waals surface area contributed by atoms with Crippen LogP contribution in [-0.4, -0.2) is 25.4 Å². The Morgan fingerprint density at radius 3 is 2.21 bits per heavy atom. The van der Waals surface area contributed by atoms with Crippen molar-refractivity contribution >= 4 is 27.6 Å². The molecule has 0 radical (unpaired) electrons. The topological polar surface area (TPSA) is 127 Å². The predicted octanol–water partition coefficient (Wildman–Crippen LogP) is 0.303. The second kappa shape index (κ2) is 5.63. The van der Waals surface area contributed by atoms with Crippen LogP contribution >= 0.6 is 0 Å². The summed E-state index contributed by atoms with van der Waals surface area (Å²) in [5.41, 5.74) is 0.213. The Balaban J connectivity index is 2.82. The maximum Gasteiger partial charge on any atom is 0.331 e. The van der Waals surface area contributed by atoms with Gasteiger partial charge in [-0.2, -0.15) is 0 Å². The summed E-state index contributed by atoms with van der Waals surface area (Å²) < 4.78 is 22.0. The van der Waals surface area contributed by atoms with Gasteiger partial charge in [-0.25, -0.2) is 18.4 Å². The zero-order valence-corrected chi connectivity index (χ0v) is 10.8. The summed E-state index contributed by atoms with van der Waals surface area (Å²) in [5, 5.41) is 15.9. The van der Waals surface area contributed by atoms with Gasteiger partial charge in [-0.15, -0.1) is 0 Å². The molecular formula is C11H12N2O5S. The van der Waals surface area contributed by atoms with Crippen LogP contribution < -0.4 is 10.5 Å². The van der Waals surface area contributed by atoms with Crippen LogP contribution in [0.4, 0.5) is 5.69 Å². The number of hydrogen-bond donors (Lipinski definition) is 3. The fourth-order valence-corrected chi connectivity index (χ4v) is 1.68. The molecule has 0 saturated carbocycles. The molecule has 8 heteroatoms. The van der Waals surface area contributed by atoms with Crippen molar-refractivity contribution in [1.82, 2.24) is 0 Å². The first kappa shape index (κ1) is 14.9. The van der Waals surface area contributed by atoms with Crippen molar-refractivity contribution in [1.29, 1.82) is 0 Å². The number of hydrogen-bond acceptors (Lipinski definition) is 4. The molecular weight excluding hydrogens is 272 g/mol. The second-order valence-corrected chi connectivity index (χ2v) is 5.25. The van der Waals surface area contributed by atoms with Crippen LogP contribution in [-0.2, 0) is 19.6 Å². The number of carboxylic acid groups (broad SMARTS) is 1. The van der Waals surface area contributed by atoms with Gasteiger partial charge in [0.2, 0.25) is 15.9 Å². The highest BCUT2D eigenvalue weighted by Crippen LogP contribution is 2.12. The van der Waals surface area contributed by atoms with E-state index in [0.29, 0.717) is 5.69 Å². The SMILES string of the molecule is C/C(=C\C(=O)Nc1ccc(S(N)(=O)=O)cc1)C(=O)O. The molecule has 0 aromatic heterocycles. The summed E-state index contributed by atoms with van der Waals surface area (Å²) in [7, 11) is -3.78. The van der Waals surface area contributed by atoms with Crippen LogP contribution in [0.2, 0.25) is 0 Å². The molecule has 1 rings (SSSR count). The Labute approximate surface area is 109 Å². The molecule has 0 bridgehead atoms. The number of primary sulfonamides is 1. The van der Waals surface area contributed by atoms with Gasteiger partial charge in [-0.3, -0.25) is 4.79 Å². The molecule has 0 saturated heterocycles. The van der Waals surface area contributed by atoms with Gasteiger partial charge >= 0.3 is 5.97 Å². The maximum absolute atomic E-state index is 11.4. The molecule has 0 unspecified atom stereocenters. The van der Waals surface area contributed by atoms with Crippen LogP contribution in [0.25, 0.3) is 0 Å². The minimum atomic E-state index is -3.78. The number of carboxylic acids is 1. The largest absolute Gasteiger partial charge is 0.478 e. The van der Waals surface area contributed by atoms with Crippen molar-refractivity contribution in [2.45, 2.75) is 11.8 Å². The lowest BCUT2D eigenvalue weighted by atomic mass is 10.2. The Hall–Kier alpha value is -2.19. The van der Waals surface area contributed by atoms with E-state index in [0.717, 1.165) is 6.08 Å². The highest BCUT2D eigenvalue weighted by Gasteiger charge is 2.08. The fourth-order valence-electron chi connectivity index (χ4n) is 1.16. The number of nitrogens with one attached hydrogen (secondary N) is 1. The number of nitrogens with two attached hydrogens (primary N) is 1. The summed E-state index contributed by atoms with van der Waals surface area (Å²) in [6.07, 6.45) is 0.927. The summed E-state index contributed by atoms with van der Waals surface area (Å²) in [5.74, 6) is -1.82. The van der Waals surface area contributed by atoms with Crippen molar-refractivity contribution in [2.24, 2.45) is 5.14 Å². The van der Waals surface area contributed by atoms with E-state index in [1.54, 1.807) is 0 Å². The van der Waals surface area contributed by atoms with Gasteiger partial charge in [0, 0.05) is 17.3 Å². The first-order chi connectivity index (χ1) is 8.70. The molecule has 0 heterocycles. The molecule has 0 aliphatic carbocycles. The van der Waals surface area contributed by atoms with Gasteiger partial charge in [0.1, 0.15) is 0 Å². The van der Waals surface area contributed by atoms with E-state index in [1.807, 2.05) is 0 Å². The highest BCUT2D eigenvalue weighted by molar-refractivity contribution is 7.89. The molecule has 0 aliphatic heterocycles. The van der Waals surface area contributed by atoms with Crippen LogP contribution in [0.1, 0.15) is 6.92 Å². The van der Waals surface area contributed by atoms with Gasteiger partial charge in [-0.05, 0) is 31.2 Å². The van der Waals surface area contributed by atoms with E-state index in [1.165, 1.54) is 31.2 Å². The van der Waals surface area contributed by atoms with Crippen molar-refractivity contribution in [2.75, 3.05) is 5.32 Å². The quantitative estimate of drug-likeness (QED) is 0.685. The average molecular weight is 284 g/mol. The van der Waals surface area contributed by atoms with Gasteiger partial charge in [-0.1, -0.05) is 0 Å². The van der Waals surface area contributed by atoms with E-state index >= 15 is 0 Å². The third-order valence-corrected chi connectivity index (χ3v) is 3.06. The summed E-state index contributed by atoms with van der Waals surface area (Å²) in [6, 6.07) is 5.17. The lowest BCUT2D eigenvalue weighted by Gasteiger charge is -2.03. The van der Waals surface area contributed by atoms with Crippen LogP contribution in [0, 0.1) is 0 Å². The molecule has 1 aromatic carbocycles. The Kier molecular flexibility index (Phi) is 4.41. The number of amides is 1. The van der Waals surface area contributed by atoms with Crippen molar-refractivity contribution in [3.8, 4) is 0 Å². The Morgan fingerprint density at radius 1 is 1.26 bits per heavy atom. The normalized spacial score (nSPS) is 12.0. The number of anilines is 1. The van der Waals surface area contributed by atoms with Gasteiger partial charge in [0.05, 0.1) is 4.90 Å². The molecule has 1 amide bonds. The lowest BCUT2D eigenvalue weighted by molar-refractivity contribution is -0.132. The van der Waals surface area contributed by atoms with Gasteiger partial charge in [0.25, 0.3) is 0 Å². The monoisotopic (exact) mass is 284 g/mol. The van der Waals surface area contributed by atoms with Crippen LogP contribution in [0.5, 0.6) is 0 Å². The van der Waals surface area contributed by atoms with Crippen LogP contribution in [0.15, 0.2) is 40.8 Å². The van der Waals surface area contributed by atoms with Gasteiger partial charge < -0.3 is 10.4 Å². The van der Waals surface area contributed by atoms with E-state index in [4.69, 9.17) is 10.2 Å². The van der Waals surface area contributed by atoms with E-state index in [-0.39, 0.29) is 10.5 Å². The standard InChI is InChI=1S/C11H12N2O5S/c1-7(11(15)16)6-10(14)13-8-2-4-9(5-3-8)19(12,17)18/h2-6H,1H3,(H,13,14)(H,15,16)(H2,12,17,18)/b7-6+. The molecule has 4 N–H and O–H groups in total. The third-order valence-electron chi connectivity index (χ3n) is 2.14. The molecule has 0 fully saturated rings. The second-order valence-electron chi connectivity index (χ2n) is 3.69. The fraction of sp³-hybridized carbons (Fsp3) is 0.0909. The number of sulfonamides is 1. The minimum Gasteiger partial charge on any atom is -0.478 e. The number of aliphatic carboxylic acids is 1. The van der Waals surface area contributed by atoms with E-state index in [9.17, 15) is 18.0 Å². The smallest absolute Gasteiger partial charge is 0.331 e. The average Bonchev–Trinajstić information content (AvgIpc) is 2.28. The zero-order valence-electron chi connectivity index (χ0n) is 9.95. The molecule has 19 heavy (non-hydrogen) atoms. The number of rotatable bonds is 4. The molecule has 7 nitrogen and oxygen atoms in total. The zero-order chi connectivity index (χ0) is 14.6. The minimum absolute atomic E-state index is 0.0808. The van der Waals surface area contributed by atoms with E-state index in [2.05, 4.69) is 5.32 Å². The first-order valence-corrected chi connectivity index (χ1v) is 6.60. The molecule has 0 spiro atoms. The van der Waals surface area contributed by atoms with Crippen molar-refractivity contribution < 1.29 is 23.1 Å². The summed E-state index contributed by atoms with van der Waals surface area (Å²) in [4.78, 5) is 21.8. The summed E-state index contributed by atoms with van der Waals surface area (Å²) in [6.45, 7) is 1.28. The number of carbonyl (C=O) groups is 2. The van der Waals surface area contributed by atoms with Crippen LogP contribution in [0.3, 0.4) is 0 Å². The Morgan fingerprint density at radius 2 is 1.79 bits per heavy atom. The summed E-state index contributed by atoms with van der Waals surface area (Å²) >= 11 is 0. The molecule has 0 aliphatic rings. The first-order valence-electron chi connectivity index (χ1n) is 5.05. The lowest BCUT2D eigenvalue weighted by Crippen LogP contribution is -2.13. The number of carbonyl (C=O) groups excluding carboxylic acids is 1. The number of benzene rings is 1. The molecule has 102 valence electrons. The maximum atomic E-state index is 11.4. The van der Waals surface area contributed by atoms with Crippen molar-refractivity contribution in [3.05, 3.63) is 35.9 Å². The van der Waals surface area contributed by atoms with E-state index < -0.39 is 21.9 Å².